The number of hydrogen-bond donors (Lipinski definition) is 1. The first kappa shape index (κ1) is 27.2. The summed E-state index contributed by atoms with van der Waals surface area (Å²) in [6.07, 6.45) is 0. The van der Waals surface area contributed by atoms with Crippen molar-refractivity contribution in [2.75, 3.05) is 46.4 Å². The highest BCUT2D eigenvalue weighted by Gasteiger charge is 2.38. The van der Waals surface area contributed by atoms with E-state index in [0.717, 1.165) is 0 Å². The summed E-state index contributed by atoms with van der Waals surface area (Å²) in [5, 5.41) is 2.97. The van der Waals surface area contributed by atoms with Gasteiger partial charge >= 0.3 is 12.0 Å². The van der Waals surface area contributed by atoms with Crippen LogP contribution in [0.25, 0.3) is 0 Å². The SMILES string of the molecule is CCOC(=O)C1=C(CN2CCN(C(=O)C(C)C)CC2)N(C)C(=O)N[C@@H]1c1cccc(Oc2ccccc2)c1. The van der Waals surface area contributed by atoms with Gasteiger partial charge in [-0.25, -0.2) is 9.59 Å². The molecule has 2 aliphatic rings. The van der Waals surface area contributed by atoms with Gasteiger partial charge < -0.3 is 19.7 Å². The third-order valence-corrected chi connectivity index (χ3v) is 6.79. The smallest absolute Gasteiger partial charge is 0.338 e. The zero-order valence-corrected chi connectivity index (χ0v) is 22.5. The molecule has 2 aromatic rings. The highest BCUT2D eigenvalue weighted by Crippen LogP contribution is 2.34. The van der Waals surface area contributed by atoms with Crippen LogP contribution in [-0.2, 0) is 14.3 Å². The van der Waals surface area contributed by atoms with Crippen LogP contribution in [0, 0.1) is 5.92 Å². The molecule has 0 aliphatic carbocycles. The molecule has 0 bridgehead atoms. The van der Waals surface area contributed by atoms with Gasteiger partial charge in [0, 0.05) is 51.4 Å². The Morgan fingerprint density at radius 3 is 2.34 bits per heavy atom. The molecular weight excluding hydrogens is 484 g/mol. The topological polar surface area (TPSA) is 91.4 Å². The first-order valence-corrected chi connectivity index (χ1v) is 13.1. The minimum absolute atomic E-state index is 0.0461. The fraction of sp³-hybridized carbons (Fsp3) is 0.414. The summed E-state index contributed by atoms with van der Waals surface area (Å²) in [5.74, 6) is 0.909. The second kappa shape index (κ2) is 12.1. The van der Waals surface area contributed by atoms with Crippen LogP contribution in [0.15, 0.2) is 65.9 Å². The zero-order valence-electron chi connectivity index (χ0n) is 22.5. The number of ether oxygens (including phenoxy) is 2. The van der Waals surface area contributed by atoms with Gasteiger partial charge in [-0.05, 0) is 36.8 Å². The van der Waals surface area contributed by atoms with Crippen LogP contribution in [0.3, 0.4) is 0 Å². The van der Waals surface area contributed by atoms with E-state index in [4.69, 9.17) is 9.47 Å². The number of nitrogens with zero attached hydrogens (tertiary/aromatic N) is 3. The predicted octanol–water partition coefficient (Wildman–Crippen LogP) is 3.79. The molecule has 1 N–H and O–H groups in total. The van der Waals surface area contributed by atoms with E-state index in [0.29, 0.717) is 61.1 Å². The van der Waals surface area contributed by atoms with Gasteiger partial charge in [-0.2, -0.15) is 0 Å². The highest BCUT2D eigenvalue weighted by atomic mass is 16.5. The number of piperazine rings is 1. The van der Waals surface area contributed by atoms with Crippen LogP contribution < -0.4 is 10.1 Å². The Balaban J connectivity index is 1.63. The summed E-state index contributed by atoms with van der Waals surface area (Å²) in [6.45, 7) is 8.69. The number of likely N-dealkylation sites (N-methyl/N-ethyl adjacent to an activating group) is 1. The van der Waals surface area contributed by atoms with Gasteiger partial charge in [0.2, 0.25) is 5.91 Å². The van der Waals surface area contributed by atoms with Gasteiger partial charge in [-0.1, -0.05) is 44.2 Å². The van der Waals surface area contributed by atoms with Crippen LogP contribution >= 0.6 is 0 Å². The number of carbonyl (C=O) groups is 3. The molecule has 1 atom stereocenters. The number of urea groups is 1. The highest BCUT2D eigenvalue weighted by molar-refractivity contribution is 5.95. The number of nitrogens with one attached hydrogen (secondary N) is 1. The van der Waals surface area contributed by atoms with Crippen molar-refractivity contribution in [2.45, 2.75) is 26.8 Å². The largest absolute Gasteiger partial charge is 0.463 e. The second-order valence-corrected chi connectivity index (χ2v) is 9.77. The van der Waals surface area contributed by atoms with Crippen LogP contribution in [0.2, 0.25) is 0 Å². The lowest BCUT2D eigenvalue weighted by Crippen LogP contribution is -2.53. The van der Waals surface area contributed by atoms with Crippen LogP contribution in [0.5, 0.6) is 11.5 Å². The molecule has 38 heavy (non-hydrogen) atoms. The Morgan fingerprint density at radius 1 is 1.00 bits per heavy atom. The monoisotopic (exact) mass is 520 g/mol. The molecule has 2 heterocycles. The predicted molar refractivity (Wildman–Crippen MR) is 144 cm³/mol. The maximum Gasteiger partial charge on any atom is 0.338 e. The van der Waals surface area contributed by atoms with Gasteiger partial charge in [0.1, 0.15) is 11.5 Å². The molecule has 0 radical (unpaired) electrons. The van der Waals surface area contributed by atoms with Crippen LogP contribution in [-0.4, -0.2) is 79.0 Å². The van der Waals surface area contributed by atoms with Crippen molar-refractivity contribution in [3.63, 3.8) is 0 Å². The van der Waals surface area contributed by atoms with E-state index in [1.165, 1.54) is 4.90 Å². The van der Waals surface area contributed by atoms with Crippen LogP contribution in [0.1, 0.15) is 32.4 Å². The van der Waals surface area contributed by atoms with E-state index in [1.54, 1.807) is 14.0 Å². The van der Waals surface area contributed by atoms with Gasteiger partial charge in [-0.3, -0.25) is 14.6 Å². The minimum Gasteiger partial charge on any atom is -0.463 e. The molecule has 1 saturated heterocycles. The van der Waals surface area contributed by atoms with Crippen molar-refractivity contribution < 1.29 is 23.9 Å². The first-order chi connectivity index (χ1) is 18.3. The van der Waals surface area contributed by atoms with E-state index in [-0.39, 0.29) is 24.5 Å². The van der Waals surface area contributed by atoms with Gasteiger partial charge in [0.05, 0.1) is 18.2 Å². The van der Waals surface area contributed by atoms with Crippen molar-refractivity contribution in [1.82, 2.24) is 20.0 Å². The van der Waals surface area contributed by atoms with Crippen molar-refractivity contribution in [2.24, 2.45) is 5.92 Å². The van der Waals surface area contributed by atoms with Gasteiger partial charge in [0.15, 0.2) is 0 Å². The molecule has 3 amide bonds. The van der Waals surface area contributed by atoms with Gasteiger partial charge in [0.25, 0.3) is 0 Å². The number of hydrogen-bond acceptors (Lipinski definition) is 6. The molecule has 4 rings (SSSR count). The van der Waals surface area contributed by atoms with E-state index in [2.05, 4.69) is 10.2 Å². The summed E-state index contributed by atoms with van der Waals surface area (Å²) >= 11 is 0. The van der Waals surface area contributed by atoms with Gasteiger partial charge in [-0.15, -0.1) is 0 Å². The Labute approximate surface area is 224 Å². The summed E-state index contributed by atoms with van der Waals surface area (Å²) in [4.78, 5) is 44.3. The van der Waals surface area contributed by atoms with E-state index < -0.39 is 12.0 Å². The standard InChI is InChI=1S/C29H36N4O5/c1-5-37-28(35)25-24(19-32-14-16-33(17-15-32)27(34)20(2)3)31(4)29(36)30-26(25)21-10-9-13-23(18-21)38-22-11-7-6-8-12-22/h6-13,18,20,26H,5,14-17,19H2,1-4H3,(H,30,36)/t26-/m1/s1. The lowest BCUT2D eigenvalue weighted by molar-refractivity contribution is -0.139. The van der Waals surface area contributed by atoms with Crippen molar-refractivity contribution >= 4 is 17.9 Å². The Morgan fingerprint density at radius 2 is 1.68 bits per heavy atom. The lowest BCUT2D eigenvalue weighted by Gasteiger charge is -2.40. The number of carbonyl (C=O) groups excluding carboxylic acids is 3. The molecule has 2 aliphatic heterocycles. The van der Waals surface area contributed by atoms with Crippen LogP contribution in [0.4, 0.5) is 4.79 Å². The van der Waals surface area contributed by atoms with Crippen molar-refractivity contribution in [3.05, 3.63) is 71.4 Å². The van der Waals surface area contributed by atoms with E-state index in [1.807, 2.05) is 73.3 Å². The Bertz CT molecular complexity index is 1190. The maximum absolute atomic E-state index is 13.3. The molecule has 9 heteroatoms. The summed E-state index contributed by atoms with van der Waals surface area (Å²) in [7, 11) is 1.66. The molecule has 0 aromatic heterocycles. The second-order valence-electron chi connectivity index (χ2n) is 9.77. The molecule has 0 unspecified atom stereocenters. The molecule has 0 spiro atoms. The summed E-state index contributed by atoms with van der Waals surface area (Å²) < 4.78 is 11.5. The molecule has 2 aromatic carbocycles. The van der Waals surface area contributed by atoms with Crippen molar-refractivity contribution in [1.29, 1.82) is 0 Å². The Hall–Kier alpha value is -3.85. The molecular formula is C29H36N4O5. The summed E-state index contributed by atoms with van der Waals surface area (Å²) in [5.41, 5.74) is 1.70. The number of benzene rings is 2. The fourth-order valence-electron chi connectivity index (χ4n) is 4.73. The number of amides is 3. The lowest BCUT2D eigenvalue weighted by atomic mass is 9.94. The third-order valence-electron chi connectivity index (χ3n) is 6.79. The third kappa shape index (κ3) is 6.16. The maximum atomic E-state index is 13.3. The Kier molecular flexibility index (Phi) is 8.68. The number of esters is 1. The molecule has 1 fully saturated rings. The van der Waals surface area contributed by atoms with Crippen molar-refractivity contribution in [3.8, 4) is 11.5 Å². The van der Waals surface area contributed by atoms with E-state index in [9.17, 15) is 14.4 Å². The molecule has 9 nitrogen and oxygen atoms in total. The van der Waals surface area contributed by atoms with E-state index >= 15 is 0 Å². The number of para-hydroxylation sites is 1. The quantitative estimate of drug-likeness (QED) is 0.533. The fourth-order valence-corrected chi connectivity index (χ4v) is 4.73. The zero-order chi connectivity index (χ0) is 27.2. The molecule has 202 valence electrons. The first-order valence-electron chi connectivity index (χ1n) is 13.1. The normalized spacial score (nSPS) is 18.4. The number of rotatable bonds is 8. The molecule has 0 saturated carbocycles. The average Bonchev–Trinajstić information content (AvgIpc) is 2.92. The average molecular weight is 521 g/mol. The summed E-state index contributed by atoms with van der Waals surface area (Å²) in [6, 6.07) is 15.8. The minimum atomic E-state index is -0.698.